The monoisotopic (exact) mass is 266 g/mol. The van der Waals surface area contributed by atoms with E-state index in [9.17, 15) is 0 Å². The van der Waals surface area contributed by atoms with Gasteiger partial charge in [-0.05, 0) is 35.4 Å². The number of benzene rings is 1. The maximum Gasteiger partial charge on any atom is 0.0477 e. The fourth-order valence-electron chi connectivity index (χ4n) is 2.86. The fraction of sp³-hybridized carbons (Fsp3) is 0.600. The van der Waals surface area contributed by atoms with Crippen molar-refractivity contribution in [3.8, 4) is 0 Å². The normalized spacial score (nSPS) is 28.6. The molecule has 3 unspecified atom stereocenters. The highest BCUT2D eigenvalue weighted by Crippen LogP contribution is 2.34. The molecule has 1 aliphatic heterocycles. The first-order valence-electron chi connectivity index (χ1n) is 6.61. The van der Waals surface area contributed by atoms with Crippen molar-refractivity contribution < 1.29 is 0 Å². The molecular weight excluding hydrogens is 244 g/mol. The molecule has 1 aliphatic rings. The van der Waals surface area contributed by atoms with Crippen LogP contribution in [0.25, 0.3) is 0 Å². The van der Waals surface area contributed by atoms with E-state index in [-0.39, 0.29) is 12.1 Å². The molecule has 0 radical (unpaired) electrons. The minimum absolute atomic E-state index is 0.169. The molecule has 100 valence electrons. The number of nitrogens with two attached hydrogens (primary N) is 1. The minimum Gasteiger partial charge on any atom is -0.326 e. The van der Waals surface area contributed by atoms with Crippen molar-refractivity contribution in [2.45, 2.75) is 39.3 Å². The van der Waals surface area contributed by atoms with Crippen LogP contribution in [0.15, 0.2) is 24.3 Å². The highest BCUT2D eigenvalue weighted by Gasteiger charge is 2.35. The molecule has 2 rings (SSSR count). The van der Waals surface area contributed by atoms with Crippen LogP contribution in [0.1, 0.15) is 38.8 Å². The first-order valence-corrected chi connectivity index (χ1v) is 6.99. The third kappa shape index (κ3) is 3.25. The Balaban J connectivity index is 2.09. The van der Waals surface area contributed by atoms with Gasteiger partial charge in [-0.1, -0.05) is 44.5 Å². The largest absolute Gasteiger partial charge is 0.326 e. The van der Waals surface area contributed by atoms with E-state index in [0.717, 1.165) is 18.0 Å². The average molecular weight is 267 g/mol. The van der Waals surface area contributed by atoms with Gasteiger partial charge in [-0.2, -0.15) is 0 Å². The first kappa shape index (κ1) is 13.9. The molecule has 1 heterocycles. The van der Waals surface area contributed by atoms with Crippen LogP contribution < -0.4 is 11.1 Å². The van der Waals surface area contributed by atoms with Gasteiger partial charge in [0.25, 0.3) is 0 Å². The Kier molecular flexibility index (Phi) is 4.00. The number of hydrogen-bond acceptors (Lipinski definition) is 2. The van der Waals surface area contributed by atoms with Crippen molar-refractivity contribution in [2.24, 2.45) is 17.1 Å². The van der Waals surface area contributed by atoms with E-state index in [1.165, 1.54) is 5.56 Å². The van der Waals surface area contributed by atoms with Gasteiger partial charge in [-0.15, -0.1) is 0 Å². The molecule has 1 aromatic carbocycles. The van der Waals surface area contributed by atoms with Gasteiger partial charge >= 0.3 is 0 Å². The van der Waals surface area contributed by atoms with Crippen LogP contribution in [0.3, 0.4) is 0 Å². The summed E-state index contributed by atoms with van der Waals surface area (Å²) in [4.78, 5) is 0. The van der Waals surface area contributed by atoms with Gasteiger partial charge < -0.3 is 11.1 Å². The van der Waals surface area contributed by atoms with Gasteiger partial charge in [-0.3, -0.25) is 0 Å². The van der Waals surface area contributed by atoms with Crippen molar-refractivity contribution in [3.05, 3.63) is 34.9 Å². The Labute approximate surface area is 115 Å². The lowest BCUT2D eigenvalue weighted by molar-refractivity contribution is 0.286. The smallest absolute Gasteiger partial charge is 0.0477 e. The highest BCUT2D eigenvalue weighted by atomic mass is 35.5. The van der Waals surface area contributed by atoms with E-state index in [0.29, 0.717) is 11.3 Å². The molecule has 3 atom stereocenters. The zero-order chi connectivity index (χ0) is 13.3. The summed E-state index contributed by atoms with van der Waals surface area (Å²) >= 11 is 6.05. The Morgan fingerprint density at radius 2 is 2.11 bits per heavy atom. The molecule has 2 nitrogen and oxygen atoms in total. The Hall–Kier alpha value is -0.570. The van der Waals surface area contributed by atoms with Crippen molar-refractivity contribution in [3.63, 3.8) is 0 Å². The Morgan fingerprint density at radius 3 is 2.72 bits per heavy atom. The van der Waals surface area contributed by atoms with Crippen LogP contribution in [0.4, 0.5) is 0 Å². The molecule has 18 heavy (non-hydrogen) atoms. The summed E-state index contributed by atoms with van der Waals surface area (Å²) in [6.07, 6.45) is 1.15. The first-order chi connectivity index (χ1) is 8.37. The quantitative estimate of drug-likeness (QED) is 0.861. The summed E-state index contributed by atoms with van der Waals surface area (Å²) in [6, 6.07) is 8.40. The second kappa shape index (κ2) is 5.20. The zero-order valence-electron chi connectivity index (χ0n) is 11.4. The maximum atomic E-state index is 6.41. The molecule has 1 aromatic rings. The third-order valence-corrected chi connectivity index (χ3v) is 3.85. The van der Waals surface area contributed by atoms with E-state index in [4.69, 9.17) is 17.3 Å². The molecule has 0 aliphatic carbocycles. The summed E-state index contributed by atoms with van der Waals surface area (Å²) < 4.78 is 0. The van der Waals surface area contributed by atoms with Crippen LogP contribution in [0, 0.1) is 11.3 Å². The van der Waals surface area contributed by atoms with Gasteiger partial charge in [0.05, 0.1) is 0 Å². The van der Waals surface area contributed by atoms with Crippen molar-refractivity contribution in [1.29, 1.82) is 0 Å². The lowest BCUT2D eigenvalue weighted by atomic mass is 9.81. The molecule has 0 saturated carbocycles. The third-order valence-electron chi connectivity index (χ3n) is 3.61. The van der Waals surface area contributed by atoms with E-state index in [1.54, 1.807) is 0 Å². The Morgan fingerprint density at radius 1 is 1.39 bits per heavy atom. The molecule has 0 bridgehead atoms. The van der Waals surface area contributed by atoms with Gasteiger partial charge in [0, 0.05) is 23.7 Å². The molecular formula is C15H23ClN2. The SMILES string of the molecule is CC(C)(C)CC1CNC(c2cccc(Cl)c2)C1N. The van der Waals surface area contributed by atoms with Crippen LogP contribution in [-0.2, 0) is 0 Å². The highest BCUT2D eigenvalue weighted by molar-refractivity contribution is 6.30. The van der Waals surface area contributed by atoms with Gasteiger partial charge in [0.15, 0.2) is 0 Å². The molecule has 3 heteroatoms. The van der Waals surface area contributed by atoms with Crippen LogP contribution in [0.5, 0.6) is 0 Å². The molecule has 0 spiro atoms. The molecule has 0 aromatic heterocycles. The molecule has 3 N–H and O–H groups in total. The number of hydrogen-bond donors (Lipinski definition) is 2. The summed E-state index contributed by atoms with van der Waals surface area (Å²) in [5.74, 6) is 0.536. The average Bonchev–Trinajstić information content (AvgIpc) is 2.58. The second-order valence-electron chi connectivity index (χ2n) is 6.54. The second-order valence-corrected chi connectivity index (χ2v) is 6.98. The molecule has 1 fully saturated rings. The van der Waals surface area contributed by atoms with Crippen molar-refractivity contribution in [1.82, 2.24) is 5.32 Å². The summed E-state index contributed by atoms with van der Waals surface area (Å²) in [5, 5.41) is 4.32. The zero-order valence-corrected chi connectivity index (χ0v) is 12.2. The van der Waals surface area contributed by atoms with E-state index in [1.807, 2.05) is 18.2 Å². The number of halogens is 1. The topological polar surface area (TPSA) is 38.0 Å². The van der Waals surface area contributed by atoms with Crippen LogP contribution in [0.2, 0.25) is 5.02 Å². The summed E-state index contributed by atoms with van der Waals surface area (Å²) in [6.45, 7) is 7.81. The van der Waals surface area contributed by atoms with Gasteiger partial charge in [0.1, 0.15) is 0 Å². The van der Waals surface area contributed by atoms with E-state index in [2.05, 4.69) is 32.2 Å². The lowest BCUT2D eigenvalue weighted by Gasteiger charge is -2.26. The van der Waals surface area contributed by atoms with Gasteiger partial charge in [0.2, 0.25) is 0 Å². The number of nitrogens with one attached hydrogen (secondary N) is 1. The summed E-state index contributed by atoms with van der Waals surface area (Å²) in [5.41, 5.74) is 7.93. The standard InChI is InChI=1S/C15H23ClN2/c1-15(2,3)8-11-9-18-14(13(11)17)10-5-4-6-12(16)7-10/h4-7,11,13-14,18H,8-9,17H2,1-3H3. The van der Waals surface area contributed by atoms with E-state index >= 15 is 0 Å². The summed E-state index contributed by atoms with van der Waals surface area (Å²) in [7, 11) is 0. The van der Waals surface area contributed by atoms with Crippen LogP contribution in [-0.4, -0.2) is 12.6 Å². The predicted molar refractivity (Wildman–Crippen MR) is 77.7 cm³/mol. The van der Waals surface area contributed by atoms with Crippen molar-refractivity contribution in [2.75, 3.05) is 6.54 Å². The maximum absolute atomic E-state index is 6.41. The van der Waals surface area contributed by atoms with Crippen LogP contribution >= 0.6 is 11.6 Å². The van der Waals surface area contributed by atoms with Gasteiger partial charge in [-0.25, -0.2) is 0 Å². The fourth-order valence-corrected chi connectivity index (χ4v) is 3.06. The van der Waals surface area contributed by atoms with Crippen molar-refractivity contribution >= 4 is 11.6 Å². The molecule has 0 amide bonds. The Bertz CT molecular complexity index is 411. The molecule has 1 saturated heterocycles. The van der Waals surface area contributed by atoms with E-state index < -0.39 is 0 Å². The predicted octanol–water partition coefficient (Wildman–Crippen LogP) is 3.36. The lowest BCUT2D eigenvalue weighted by Crippen LogP contribution is -2.34. The number of rotatable bonds is 2. The minimum atomic E-state index is 0.169.